The number of carbonyl (C=O) groups excluding carboxylic acids is 9. The Kier molecular flexibility index (Phi) is 25.1. The number of carboxylic acids is 2. The van der Waals surface area contributed by atoms with E-state index in [4.69, 9.17) is 25.3 Å². The molecule has 592 valence electrons. The number of aromatic nitrogens is 4. The maximum atomic E-state index is 14.0. The number of nitrogens with two attached hydrogens (primary N) is 1. The first-order chi connectivity index (χ1) is 52.7. The van der Waals surface area contributed by atoms with E-state index in [1.165, 1.54) is 28.4 Å². The second-order valence-electron chi connectivity index (χ2n) is 30.9. The van der Waals surface area contributed by atoms with Crippen molar-refractivity contribution in [3.05, 3.63) is 131 Å². The second kappa shape index (κ2) is 34.3. The number of hydrogen-bond donors (Lipinski definition) is 10. The van der Waals surface area contributed by atoms with Crippen LogP contribution in [0.25, 0.3) is 21.3 Å². The van der Waals surface area contributed by atoms with Crippen LogP contribution in [0, 0.1) is 29.1 Å². The van der Waals surface area contributed by atoms with E-state index in [0.29, 0.717) is 78.5 Å². The van der Waals surface area contributed by atoms with Crippen LogP contribution in [0.1, 0.15) is 154 Å². The van der Waals surface area contributed by atoms with Crippen molar-refractivity contribution in [3.8, 4) is 11.1 Å². The number of thiazole rings is 1. The number of aliphatic carboxylic acids is 1. The number of amides is 10. The van der Waals surface area contributed by atoms with E-state index in [1.54, 1.807) is 44.3 Å². The van der Waals surface area contributed by atoms with Gasteiger partial charge in [-0.3, -0.25) is 57.8 Å². The molecule has 4 bridgehead atoms. The normalized spacial score (nSPS) is 20.5. The Morgan fingerprint density at radius 1 is 0.757 bits per heavy atom. The van der Waals surface area contributed by atoms with Crippen LogP contribution in [0.2, 0.25) is 0 Å². The number of fused-ring (bicyclic) bond motifs is 2. The highest BCUT2D eigenvalue weighted by Crippen LogP contribution is 2.72. The third-order valence-corrected chi connectivity index (χ3v) is 22.9. The zero-order chi connectivity index (χ0) is 79.7. The van der Waals surface area contributed by atoms with Gasteiger partial charge in [0.2, 0.25) is 23.6 Å². The van der Waals surface area contributed by atoms with Crippen molar-refractivity contribution in [1.82, 2.24) is 50.8 Å². The summed E-state index contributed by atoms with van der Waals surface area (Å²) in [5.74, 6) is -8.53. The second-order valence-corrected chi connectivity index (χ2v) is 33.4. The van der Waals surface area contributed by atoms with Gasteiger partial charge < -0.3 is 61.8 Å². The van der Waals surface area contributed by atoms with Gasteiger partial charge >= 0.3 is 24.1 Å². The average Bonchev–Trinajstić information content (AvgIpc) is 1.35. The number of carboxylic acid groups (broad SMARTS) is 2. The lowest BCUT2D eigenvalue weighted by atomic mass is 9.39. The Morgan fingerprint density at radius 2 is 1.49 bits per heavy atom. The molecular weight excluding hydrogens is 1470 g/mol. The molecule has 10 amide bonds. The predicted molar refractivity (Wildman–Crippen MR) is 408 cm³/mol. The number of carbonyl (C=O) groups is 11. The van der Waals surface area contributed by atoms with Crippen molar-refractivity contribution in [1.29, 1.82) is 0 Å². The summed E-state index contributed by atoms with van der Waals surface area (Å²) in [6, 6.07) is 17.7. The van der Waals surface area contributed by atoms with E-state index < -0.39 is 105 Å². The summed E-state index contributed by atoms with van der Waals surface area (Å²) < 4.78 is 49.6. The van der Waals surface area contributed by atoms with Crippen molar-refractivity contribution >= 4 is 114 Å². The average molecular weight is 1570 g/mol. The van der Waals surface area contributed by atoms with Crippen LogP contribution < -0.4 is 42.5 Å². The maximum absolute atomic E-state index is 14.0. The summed E-state index contributed by atoms with van der Waals surface area (Å²) in [4.78, 5) is 157. The molecule has 0 spiro atoms. The number of hydrogen-bond acceptors (Lipinski definition) is 20. The number of imide groups is 1. The number of rotatable bonds is 36. The molecule has 5 atom stereocenters. The number of primary amides is 1. The first-order valence-corrected chi connectivity index (χ1v) is 39.5. The first-order valence-electron chi connectivity index (χ1n) is 37.1. The molecule has 11 N–H and O–H groups in total. The lowest BCUT2D eigenvalue weighted by Gasteiger charge is -2.69. The fourth-order valence-electron chi connectivity index (χ4n) is 17.4. The van der Waals surface area contributed by atoms with Crippen molar-refractivity contribution in [2.45, 2.75) is 168 Å². The summed E-state index contributed by atoms with van der Waals surface area (Å²) >= 11 is 1.39. The van der Waals surface area contributed by atoms with Crippen molar-refractivity contribution in [2.75, 3.05) is 60.6 Å². The first kappa shape index (κ1) is 81.3. The lowest BCUT2D eigenvalue weighted by Crippen LogP contribution is -2.64. The van der Waals surface area contributed by atoms with Gasteiger partial charge in [0, 0.05) is 92.5 Å². The highest BCUT2D eigenvalue weighted by Gasteiger charge is 2.66. The molecule has 6 aromatic rings. The Bertz CT molecular complexity index is 4660. The zero-order valence-electron chi connectivity index (χ0n) is 62.5. The predicted octanol–water partition coefficient (Wildman–Crippen LogP) is 7.50. The minimum Gasteiger partial charge on any atom is -0.481 e. The molecule has 12 rings (SSSR count). The zero-order valence-corrected chi connectivity index (χ0v) is 64.1. The Hall–Kier alpha value is -10.7. The van der Waals surface area contributed by atoms with Gasteiger partial charge in [-0.2, -0.15) is 13.5 Å². The monoisotopic (exact) mass is 1570 g/mol. The van der Waals surface area contributed by atoms with Crippen LogP contribution >= 0.6 is 11.3 Å². The number of urea groups is 1. The SMILES string of the molecule is Cc1c(-c2ccc(N3CCc4cccc(C(=O)Nc5nc6ccccc6s5)c4C3)nc2C(=O)O)cnn1CC12CC3(C)CC(C)(C1)CC(OCCN(CCC(=O)O)C(=O)OCc1ccc(NC(=O)[C@H](CCCNC(N)=O)NC(=O)C(NC(=O)[C@H](CS(=O)(=O)O)NC(=O)CCCCCN4C(=O)C=CC4=O)C(C)C)cc1)(C3)C2. The summed E-state index contributed by atoms with van der Waals surface area (Å²) in [5, 5.41) is 41.4. The van der Waals surface area contributed by atoms with Gasteiger partial charge in [-0.25, -0.2) is 24.4 Å². The van der Waals surface area contributed by atoms with Gasteiger partial charge in [-0.15, -0.1) is 0 Å². The van der Waals surface area contributed by atoms with Gasteiger partial charge in [0.05, 0.1) is 35.0 Å². The van der Waals surface area contributed by atoms with Crippen molar-refractivity contribution < 1.29 is 85.4 Å². The van der Waals surface area contributed by atoms with Crippen LogP contribution in [-0.2, 0) is 79.3 Å². The number of anilines is 3. The number of unbranched alkanes of at least 4 members (excludes halogenated alkanes) is 2. The van der Waals surface area contributed by atoms with E-state index in [2.05, 4.69) is 50.7 Å². The number of ether oxygens (including phenoxy) is 2. The number of pyridine rings is 1. The molecule has 3 aromatic heterocycles. The van der Waals surface area contributed by atoms with Gasteiger partial charge in [-0.05, 0) is 159 Å². The lowest BCUT2D eigenvalue weighted by molar-refractivity contribution is -0.248. The number of nitrogens with one attached hydrogen (secondary N) is 6. The summed E-state index contributed by atoms with van der Waals surface area (Å²) in [6.07, 6.45) is 9.29. The van der Waals surface area contributed by atoms with Crippen molar-refractivity contribution in [2.24, 2.45) is 27.9 Å². The molecule has 32 nitrogen and oxygen atoms in total. The molecule has 2 aliphatic heterocycles. The fourth-order valence-corrected chi connectivity index (χ4v) is 18.9. The molecule has 5 heterocycles. The van der Waals surface area contributed by atoms with Crippen LogP contribution in [-0.4, -0.2) is 187 Å². The maximum Gasteiger partial charge on any atom is 0.410 e. The Labute approximate surface area is 645 Å². The van der Waals surface area contributed by atoms with Crippen LogP contribution in [0.15, 0.2) is 97.2 Å². The number of benzene rings is 3. The molecule has 0 saturated heterocycles. The topological polar surface area (TPSA) is 453 Å². The highest BCUT2D eigenvalue weighted by atomic mass is 32.2. The molecule has 4 fully saturated rings. The molecule has 111 heavy (non-hydrogen) atoms. The minimum absolute atomic E-state index is 0.00707. The molecule has 0 radical (unpaired) electrons. The Morgan fingerprint density at radius 3 is 2.17 bits per heavy atom. The molecule has 34 heteroatoms. The summed E-state index contributed by atoms with van der Waals surface area (Å²) in [5.41, 5.74) is 9.74. The van der Waals surface area contributed by atoms with Crippen LogP contribution in [0.3, 0.4) is 0 Å². The molecule has 6 aliphatic rings. The molecule has 4 saturated carbocycles. The number of para-hydroxylation sites is 1. The van der Waals surface area contributed by atoms with Gasteiger partial charge in [0.15, 0.2) is 10.8 Å². The van der Waals surface area contributed by atoms with E-state index >= 15 is 0 Å². The molecule has 3 unspecified atom stereocenters. The van der Waals surface area contributed by atoms with Gasteiger partial charge in [0.1, 0.15) is 36.3 Å². The third kappa shape index (κ3) is 20.5. The van der Waals surface area contributed by atoms with E-state index in [0.717, 1.165) is 76.2 Å². The molecule has 4 aliphatic carbocycles. The highest BCUT2D eigenvalue weighted by molar-refractivity contribution is 7.85. The molecular formula is C77H94N14O18S2. The number of aromatic carboxylic acids is 1. The minimum atomic E-state index is -4.88. The third-order valence-electron chi connectivity index (χ3n) is 21.2. The number of nitrogens with zero attached hydrogens (tertiary/aromatic N) is 7. The van der Waals surface area contributed by atoms with Crippen molar-refractivity contribution in [3.63, 3.8) is 0 Å². The largest absolute Gasteiger partial charge is 0.481 e. The molecule has 3 aromatic carbocycles. The van der Waals surface area contributed by atoms with E-state index in [9.17, 15) is 75.9 Å². The van der Waals surface area contributed by atoms with E-state index in [-0.39, 0.29) is 105 Å². The summed E-state index contributed by atoms with van der Waals surface area (Å²) in [6.45, 7) is 10.8. The van der Waals surface area contributed by atoms with Gasteiger partial charge in [-0.1, -0.05) is 81.9 Å². The standard InChI is InChI=1S/C77H94N14O18S2/c1-46(2)64(86-68(99)57(38-111(105,106)107)82-60(92)18-7-6-10-30-90-61(93)25-26-62(90)94)69(100)83-56(16-12-29-79-71(78)103)67(98)81-50-21-19-48(20-22-50)37-108-73(104)88(32-28-63(95)96)33-34-109-77-42-74(4)39-75(5,43-77)41-76(40-74,44-77)45-91-47(3)53(35-80-91)51-23-24-59(85-65(51)70(101)102)89-31-27-49-13-11-14-52(54(49)36-89)66(97)87-72-84-55-15-8-9-17-58(55)110-72/h8-9,11,13-15,17,19-26,35,46,56-57,64H,6-7,10,12,16,18,27-34,36-45H2,1-5H3,(H,81,98)(H,82,92)(H,83,100)(H,86,99)(H,95,96)(H,101,102)(H3,78,79,103)(H,84,87,97)(H,105,106,107)/t56-,57-,64?,74?,75?,76?,77?/m0/s1. The van der Waals surface area contributed by atoms with Crippen LogP contribution in [0.4, 0.5) is 26.2 Å². The van der Waals surface area contributed by atoms with Crippen LogP contribution in [0.5, 0.6) is 0 Å². The smallest absolute Gasteiger partial charge is 0.410 e. The fraction of sp³-hybridized carbons (Fsp3) is 0.481. The Balaban J connectivity index is 0.690. The summed E-state index contributed by atoms with van der Waals surface area (Å²) in [7, 11) is -4.88. The van der Waals surface area contributed by atoms with E-state index in [1.807, 2.05) is 59.0 Å². The van der Waals surface area contributed by atoms with Gasteiger partial charge in [0.25, 0.3) is 27.8 Å². The quantitative estimate of drug-likeness (QED) is 0.0103.